The molecule has 2 atom stereocenters. The number of hydrogen-bond acceptors (Lipinski definition) is 1. The van der Waals surface area contributed by atoms with Crippen molar-refractivity contribution in [2.75, 3.05) is 11.9 Å². The Kier molecular flexibility index (Phi) is 3.84. The Hall–Kier alpha value is 0.140. The molecular weight excluding hydrogens is 356 g/mol. The Morgan fingerprint density at radius 1 is 1.33 bits per heavy atom. The normalized spacial score (nSPS) is 31.8. The van der Waals surface area contributed by atoms with E-state index in [1.54, 1.807) is 0 Å². The summed E-state index contributed by atoms with van der Waals surface area (Å²) in [6.45, 7) is 0.931. The van der Waals surface area contributed by atoms with Gasteiger partial charge in [-0.1, -0.05) is 44.0 Å². The topological polar surface area (TPSA) is 9.23 Å². The molecule has 2 unspecified atom stereocenters. The van der Waals surface area contributed by atoms with E-state index in [1.807, 2.05) is 0 Å². The fourth-order valence-corrected chi connectivity index (χ4v) is 4.42. The van der Waals surface area contributed by atoms with Crippen molar-refractivity contribution in [2.45, 2.75) is 31.8 Å². The van der Waals surface area contributed by atoms with E-state index < -0.39 is 0 Å². The van der Waals surface area contributed by atoms with Crippen molar-refractivity contribution in [1.29, 1.82) is 0 Å². The van der Waals surface area contributed by atoms with Crippen LogP contribution in [0.4, 0.5) is 0 Å². The zero-order valence-electron chi connectivity index (χ0n) is 10.4. The van der Waals surface area contributed by atoms with E-state index in [9.17, 15) is 0 Å². The Labute approximate surface area is 126 Å². The van der Waals surface area contributed by atoms with Crippen LogP contribution in [0.5, 0.6) is 0 Å². The lowest BCUT2D eigenvalue weighted by atomic mass is 9.76. The van der Waals surface area contributed by atoms with Crippen molar-refractivity contribution in [2.24, 2.45) is 11.3 Å². The number of rotatable bonds is 4. The summed E-state index contributed by atoms with van der Waals surface area (Å²) in [4.78, 5) is 0. The molecule has 0 bridgehead atoms. The summed E-state index contributed by atoms with van der Waals surface area (Å²) >= 11 is 7.32. The summed E-state index contributed by atoms with van der Waals surface area (Å²) in [5.74, 6) is 0.817. The highest BCUT2D eigenvalue weighted by Gasteiger charge is 2.50. The van der Waals surface area contributed by atoms with Crippen LogP contribution in [0.1, 0.15) is 24.8 Å². The lowest BCUT2D eigenvalue weighted by Crippen LogP contribution is -2.36. The van der Waals surface area contributed by atoms with Crippen LogP contribution >= 0.6 is 31.9 Å². The standard InChI is InChI=1S/C15H18Br2O/c16-10-15(6-7-18-14(15)12-4-5-12)9-11-2-1-3-13(17)8-11/h1-3,8,12,14H,4-7,9-10H2. The molecule has 0 amide bonds. The second kappa shape index (κ2) is 5.26. The first-order valence-corrected chi connectivity index (χ1v) is 8.57. The summed E-state index contributed by atoms with van der Waals surface area (Å²) in [6.07, 6.45) is 5.50. The van der Waals surface area contributed by atoms with Gasteiger partial charge in [0.25, 0.3) is 0 Å². The summed E-state index contributed by atoms with van der Waals surface area (Å²) < 4.78 is 7.22. The molecule has 98 valence electrons. The number of halogens is 2. The molecule has 2 fully saturated rings. The molecule has 0 spiro atoms. The second-order valence-corrected chi connectivity index (χ2v) is 7.16. The molecule has 1 saturated carbocycles. The van der Waals surface area contributed by atoms with Gasteiger partial charge in [0.15, 0.2) is 0 Å². The van der Waals surface area contributed by atoms with Gasteiger partial charge in [0.05, 0.1) is 6.10 Å². The van der Waals surface area contributed by atoms with E-state index in [2.05, 4.69) is 56.1 Å². The maximum atomic E-state index is 6.04. The number of alkyl halides is 1. The van der Waals surface area contributed by atoms with Crippen molar-refractivity contribution >= 4 is 31.9 Å². The Morgan fingerprint density at radius 2 is 2.17 bits per heavy atom. The van der Waals surface area contributed by atoms with Crippen molar-refractivity contribution in [3.05, 3.63) is 34.3 Å². The van der Waals surface area contributed by atoms with Crippen LogP contribution in [-0.2, 0) is 11.2 Å². The predicted octanol–water partition coefficient (Wildman–Crippen LogP) is 4.57. The first-order chi connectivity index (χ1) is 8.73. The van der Waals surface area contributed by atoms with Crippen LogP contribution in [0.2, 0.25) is 0 Å². The smallest absolute Gasteiger partial charge is 0.0671 e. The van der Waals surface area contributed by atoms with Crippen molar-refractivity contribution in [3.8, 4) is 0 Å². The molecule has 18 heavy (non-hydrogen) atoms. The quantitative estimate of drug-likeness (QED) is 0.702. The van der Waals surface area contributed by atoms with Crippen molar-refractivity contribution in [1.82, 2.24) is 0 Å². The van der Waals surface area contributed by atoms with Gasteiger partial charge in [0.2, 0.25) is 0 Å². The first-order valence-electron chi connectivity index (χ1n) is 6.65. The monoisotopic (exact) mass is 372 g/mol. The maximum absolute atomic E-state index is 6.04. The highest BCUT2D eigenvalue weighted by Crippen LogP contribution is 2.50. The summed E-state index contributed by atoms with van der Waals surface area (Å²) in [6, 6.07) is 8.70. The molecule has 0 radical (unpaired) electrons. The van der Waals surface area contributed by atoms with E-state index in [-0.39, 0.29) is 0 Å². The molecule has 3 heteroatoms. The average molecular weight is 374 g/mol. The zero-order chi connectivity index (χ0) is 12.6. The van der Waals surface area contributed by atoms with Gasteiger partial charge in [0.1, 0.15) is 0 Å². The summed E-state index contributed by atoms with van der Waals surface area (Å²) in [5.41, 5.74) is 1.72. The third-order valence-electron chi connectivity index (χ3n) is 4.26. The van der Waals surface area contributed by atoms with Crippen LogP contribution in [0.15, 0.2) is 28.7 Å². The van der Waals surface area contributed by atoms with Gasteiger partial charge < -0.3 is 4.74 Å². The third-order valence-corrected chi connectivity index (χ3v) is 5.87. The van der Waals surface area contributed by atoms with E-state index in [4.69, 9.17) is 4.74 Å². The Morgan fingerprint density at radius 3 is 2.83 bits per heavy atom. The van der Waals surface area contributed by atoms with E-state index in [0.717, 1.165) is 24.3 Å². The summed E-state index contributed by atoms with van der Waals surface area (Å²) in [5, 5.41) is 1.05. The first kappa shape index (κ1) is 13.1. The lowest BCUT2D eigenvalue weighted by molar-refractivity contribution is 0.0413. The zero-order valence-corrected chi connectivity index (χ0v) is 13.5. The number of benzene rings is 1. The minimum Gasteiger partial charge on any atom is -0.377 e. The molecule has 0 N–H and O–H groups in total. The van der Waals surface area contributed by atoms with Gasteiger partial charge in [-0.25, -0.2) is 0 Å². The lowest BCUT2D eigenvalue weighted by Gasteiger charge is -2.32. The molecule has 3 rings (SSSR count). The molecule has 1 aliphatic heterocycles. The van der Waals surface area contributed by atoms with Gasteiger partial charge >= 0.3 is 0 Å². The minimum absolute atomic E-state index is 0.307. The average Bonchev–Trinajstić information content (AvgIpc) is 3.12. The highest BCUT2D eigenvalue weighted by atomic mass is 79.9. The van der Waals surface area contributed by atoms with E-state index in [0.29, 0.717) is 11.5 Å². The van der Waals surface area contributed by atoms with Gasteiger partial charge in [-0.15, -0.1) is 0 Å². The van der Waals surface area contributed by atoms with Crippen LogP contribution in [0, 0.1) is 11.3 Å². The Bertz CT molecular complexity index is 430. The van der Waals surface area contributed by atoms with Crippen molar-refractivity contribution in [3.63, 3.8) is 0 Å². The van der Waals surface area contributed by atoms with Crippen LogP contribution in [-0.4, -0.2) is 18.0 Å². The minimum atomic E-state index is 0.307. The van der Waals surface area contributed by atoms with Crippen LogP contribution in [0.3, 0.4) is 0 Å². The van der Waals surface area contributed by atoms with E-state index in [1.165, 1.54) is 29.3 Å². The molecule has 1 saturated heterocycles. The molecule has 2 aliphatic rings. The van der Waals surface area contributed by atoms with E-state index >= 15 is 0 Å². The molecule has 1 aliphatic carbocycles. The second-order valence-electron chi connectivity index (χ2n) is 5.68. The molecule has 0 aromatic heterocycles. The SMILES string of the molecule is BrCC1(Cc2cccc(Br)c2)CCOC1C1CC1. The highest BCUT2D eigenvalue weighted by molar-refractivity contribution is 9.10. The van der Waals surface area contributed by atoms with Crippen LogP contribution in [0.25, 0.3) is 0 Å². The maximum Gasteiger partial charge on any atom is 0.0671 e. The van der Waals surface area contributed by atoms with Gasteiger partial charge in [-0.05, 0) is 49.3 Å². The van der Waals surface area contributed by atoms with Crippen molar-refractivity contribution < 1.29 is 4.74 Å². The predicted molar refractivity (Wildman–Crippen MR) is 81.2 cm³/mol. The fraction of sp³-hybridized carbons (Fsp3) is 0.600. The Balaban J connectivity index is 1.82. The summed E-state index contributed by atoms with van der Waals surface area (Å²) in [7, 11) is 0. The van der Waals surface area contributed by atoms with Crippen LogP contribution < -0.4 is 0 Å². The largest absolute Gasteiger partial charge is 0.377 e. The fourth-order valence-electron chi connectivity index (χ4n) is 3.18. The van der Waals surface area contributed by atoms with Gasteiger partial charge in [0, 0.05) is 21.8 Å². The number of hydrogen-bond donors (Lipinski definition) is 0. The molecule has 1 aromatic carbocycles. The number of ether oxygens (including phenoxy) is 1. The molecule has 1 nitrogen and oxygen atoms in total. The molecular formula is C15H18Br2O. The molecule has 1 heterocycles. The third kappa shape index (κ3) is 2.54. The van der Waals surface area contributed by atoms with Gasteiger partial charge in [-0.3, -0.25) is 0 Å². The molecule has 1 aromatic rings. The van der Waals surface area contributed by atoms with Gasteiger partial charge in [-0.2, -0.15) is 0 Å².